The fourth-order valence-corrected chi connectivity index (χ4v) is 4.78. The molecule has 0 saturated heterocycles. The van der Waals surface area contributed by atoms with E-state index in [0.717, 1.165) is 32.1 Å². The topological polar surface area (TPSA) is 96.5 Å². The number of carbonyl (C=O) groups is 1. The molecule has 0 heterocycles. The molecular formula is C19H29N3O4S. The van der Waals surface area contributed by atoms with Gasteiger partial charge in [-0.05, 0) is 49.8 Å². The summed E-state index contributed by atoms with van der Waals surface area (Å²) in [6, 6.07) is 4.88. The van der Waals surface area contributed by atoms with Gasteiger partial charge in [0.15, 0.2) is 0 Å². The number of amides is 1. The molecule has 8 heteroatoms. The van der Waals surface area contributed by atoms with Gasteiger partial charge >= 0.3 is 0 Å². The second-order valence-electron chi connectivity index (χ2n) is 7.55. The maximum absolute atomic E-state index is 12.4. The van der Waals surface area contributed by atoms with Crippen molar-refractivity contribution in [3.63, 3.8) is 0 Å². The average molecular weight is 396 g/mol. The molecule has 1 aromatic carbocycles. The van der Waals surface area contributed by atoms with E-state index < -0.39 is 10.0 Å². The fourth-order valence-electron chi connectivity index (χ4n) is 3.45. The zero-order valence-corrected chi connectivity index (χ0v) is 16.8. The van der Waals surface area contributed by atoms with Crippen molar-refractivity contribution in [3.8, 4) is 5.75 Å². The van der Waals surface area contributed by atoms with Crippen molar-refractivity contribution in [1.82, 2.24) is 10.0 Å². The summed E-state index contributed by atoms with van der Waals surface area (Å²) in [6.45, 7) is 2.24. The predicted molar refractivity (Wildman–Crippen MR) is 104 cm³/mol. The lowest BCUT2D eigenvalue weighted by molar-refractivity contribution is -0.120. The molecule has 0 aliphatic heterocycles. The predicted octanol–water partition coefficient (Wildman–Crippen LogP) is 2.24. The number of ether oxygens (including phenoxy) is 1. The van der Waals surface area contributed by atoms with E-state index in [1.807, 2.05) is 0 Å². The van der Waals surface area contributed by atoms with E-state index in [4.69, 9.17) is 4.74 Å². The Labute approximate surface area is 161 Å². The highest BCUT2D eigenvalue weighted by Gasteiger charge is 2.28. The summed E-state index contributed by atoms with van der Waals surface area (Å²) in [5.41, 5.74) is 0.489. The van der Waals surface area contributed by atoms with Crippen LogP contribution in [0.25, 0.3) is 0 Å². The number of hydrogen-bond acceptors (Lipinski definition) is 5. The summed E-state index contributed by atoms with van der Waals surface area (Å²) in [6.07, 6.45) is 6.26. The summed E-state index contributed by atoms with van der Waals surface area (Å²) in [7, 11) is -2.04. The molecule has 2 saturated carbocycles. The molecule has 27 heavy (non-hydrogen) atoms. The smallest absolute Gasteiger partial charge is 0.240 e. The van der Waals surface area contributed by atoms with E-state index in [1.54, 1.807) is 6.07 Å². The minimum atomic E-state index is -3.56. The Kier molecular flexibility index (Phi) is 6.26. The number of hydrogen-bond donors (Lipinski definition) is 3. The molecule has 7 nitrogen and oxygen atoms in total. The van der Waals surface area contributed by atoms with Crippen molar-refractivity contribution in [2.24, 2.45) is 5.92 Å². The molecule has 3 N–H and O–H groups in total. The van der Waals surface area contributed by atoms with Crippen molar-refractivity contribution in [1.29, 1.82) is 0 Å². The van der Waals surface area contributed by atoms with Gasteiger partial charge < -0.3 is 15.4 Å². The highest BCUT2D eigenvalue weighted by Crippen LogP contribution is 2.29. The molecule has 150 valence electrons. The average Bonchev–Trinajstić information content (AvgIpc) is 3.45. The highest BCUT2D eigenvalue weighted by atomic mass is 32.2. The molecule has 0 spiro atoms. The van der Waals surface area contributed by atoms with Gasteiger partial charge in [-0.2, -0.15) is 0 Å². The fraction of sp³-hybridized carbons (Fsp3) is 0.632. The standard InChI is InChI=1S/C19H29N3O4S/c1-13-5-3-4-6-16(13)21-19(23)12-20-17-11-15(9-10-18(17)26-2)27(24,25)22-14-7-8-14/h9-11,13-14,16,20,22H,3-8,12H2,1-2H3,(H,21,23)/t13-,16+/m0/s1. The van der Waals surface area contributed by atoms with Crippen LogP contribution in [0.15, 0.2) is 23.1 Å². The maximum Gasteiger partial charge on any atom is 0.240 e. The zero-order valence-electron chi connectivity index (χ0n) is 16.0. The SMILES string of the molecule is COc1ccc(S(=O)(=O)NC2CC2)cc1NCC(=O)N[C@@H]1CCCC[C@@H]1C. The summed E-state index contributed by atoms with van der Waals surface area (Å²) < 4.78 is 32.8. The van der Waals surface area contributed by atoms with E-state index >= 15 is 0 Å². The Morgan fingerprint density at radius 3 is 2.59 bits per heavy atom. The largest absolute Gasteiger partial charge is 0.495 e. The zero-order chi connectivity index (χ0) is 19.4. The third kappa shape index (κ3) is 5.35. The highest BCUT2D eigenvalue weighted by molar-refractivity contribution is 7.89. The van der Waals surface area contributed by atoms with Crippen molar-refractivity contribution in [3.05, 3.63) is 18.2 Å². The van der Waals surface area contributed by atoms with Gasteiger partial charge in [0.2, 0.25) is 15.9 Å². The summed E-state index contributed by atoms with van der Waals surface area (Å²) in [4.78, 5) is 12.5. The minimum absolute atomic E-state index is 0.0387. The first-order chi connectivity index (χ1) is 12.9. The molecule has 0 unspecified atom stereocenters. The van der Waals surface area contributed by atoms with E-state index in [9.17, 15) is 13.2 Å². The van der Waals surface area contributed by atoms with Gasteiger partial charge in [-0.15, -0.1) is 0 Å². The maximum atomic E-state index is 12.4. The molecule has 2 atom stereocenters. The number of nitrogens with one attached hydrogen (secondary N) is 3. The van der Waals surface area contributed by atoms with Crippen LogP contribution >= 0.6 is 0 Å². The van der Waals surface area contributed by atoms with E-state index in [2.05, 4.69) is 22.3 Å². The van der Waals surface area contributed by atoms with Crippen LogP contribution in [0.2, 0.25) is 0 Å². The Morgan fingerprint density at radius 1 is 1.19 bits per heavy atom. The van der Waals surface area contributed by atoms with Crippen molar-refractivity contribution >= 4 is 21.6 Å². The lowest BCUT2D eigenvalue weighted by Crippen LogP contribution is -2.43. The van der Waals surface area contributed by atoms with Crippen LogP contribution in [0.4, 0.5) is 5.69 Å². The second kappa shape index (κ2) is 8.48. The molecule has 1 aromatic rings. The first-order valence-electron chi connectivity index (χ1n) is 9.62. The molecule has 2 fully saturated rings. The number of benzene rings is 1. The van der Waals surface area contributed by atoms with Crippen molar-refractivity contribution in [2.75, 3.05) is 19.0 Å². The quantitative estimate of drug-likeness (QED) is 0.627. The monoisotopic (exact) mass is 395 g/mol. The molecule has 1 amide bonds. The van der Waals surface area contributed by atoms with E-state index in [0.29, 0.717) is 17.4 Å². The lowest BCUT2D eigenvalue weighted by Gasteiger charge is -2.29. The van der Waals surface area contributed by atoms with Crippen LogP contribution in [0.1, 0.15) is 45.4 Å². The molecule has 0 aromatic heterocycles. The Balaban J connectivity index is 1.64. The number of rotatable bonds is 8. The first kappa shape index (κ1) is 19.9. The van der Waals surface area contributed by atoms with Crippen LogP contribution in [0, 0.1) is 5.92 Å². The Bertz CT molecular complexity index is 777. The number of anilines is 1. The lowest BCUT2D eigenvalue weighted by atomic mass is 9.86. The molecule has 0 bridgehead atoms. The summed E-state index contributed by atoms with van der Waals surface area (Å²) >= 11 is 0. The third-order valence-corrected chi connectivity index (χ3v) is 6.80. The number of sulfonamides is 1. The van der Waals surface area contributed by atoms with Crippen LogP contribution < -0.4 is 20.1 Å². The van der Waals surface area contributed by atoms with Gasteiger partial charge in [-0.25, -0.2) is 13.1 Å². The third-order valence-electron chi connectivity index (χ3n) is 5.28. The van der Waals surface area contributed by atoms with Gasteiger partial charge in [0, 0.05) is 12.1 Å². The molecule has 2 aliphatic rings. The Hall–Kier alpha value is -1.80. The minimum Gasteiger partial charge on any atom is -0.495 e. The van der Waals surface area contributed by atoms with Crippen LogP contribution in [0.5, 0.6) is 5.75 Å². The van der Waals surface area contributed by atoms with E-state index in [-0.39, 0.29) is 29.4 Å². The molecular weight excluding hydrogens is 366 g/mol. The number of carbonyl (C=O) groups excluding carboxylic acids is 1. The van der Waals surface area contributed by atoms with Crippen LogP contribution in [-0.4, -0.2) is 40.1 Å². The number of methoxy groups -OCH3 is 1. The van der Waals surface area contributed by atoms with Gasteiger partial charge in [-0.3, -0.25) is 4.79 Å². The van der Waals surface area contributed by atoms with Gasteiger partial charge in [0.05, 0.1) is 24.2 Å². The van der Waals surface area contributed by atoms with Crippen LogP contribution in [-0.2, 0) is 14.8 Å². The molecule has 3 rings (SSSR count). The molecule has 0 radical (unpaired) electrons. The van der Waals surface area contributed by atoms with E-state index in [1.165, 1.54) is 25.7 Å². The summed E-state index contributed by atoms with van der Waals surface area (Å²) in [5, 5.41) is 6.10. The first-order valence-corrected chi connectivity index (χ1v) is 11.1. The van der Waals surface area contributed by atoms with Crippen molar-refractivity contribution < 1.29 is 17.9 Å². The normalized spacial score (nSPS) is 22.9. The Morgan fingerprint density at radius 2 is 1.93 bits per heavy atom. The second-order valence-corrected chi connectivity index (χ2v) is 9.26. The van der Waals surface area contributed by atoms with Gasteiger partial charge in [-0.1, -0.05) is 19.8 Å². The van der Waals surface area contributed by atoms with Gasteiger partial charge in [0.25, 0.3) is 0 Å². The van der Waals surface area contributed by atoms with Gasteiger partial charge in [0.1, 0.15) is 5.75 Å². The van der Waals surface area contributed by atoms with Crippen LogP contribution in [0.3, 0.4) is 0 Å². The van der Waals surface area contributed by atoms with Crippen molar-refractivity contribution in [2.45, 2.75) is 62.4 Å². The summed E-state index contributed by atoms with van der Waals surface area (Å²) in [5.74, 6) is 0.888. The molecule has 2 aliphatic carbocycles.